The average molecular weight is 383 g/mol. The van der Waals surface area contributed by atoms with Gasteiger partial charge >= 0.3 is 0 Å². The third-order valence-corrected chi connectivity index (χ3v) is 4.65. The van der Waals surface area contributed by atoms with E-state index in [4.69, 9.17) is 9.72 Å². The van der Waals surface area contributed by atoms with Gasteiger partial charge in [0.15, 0.2) is 0 Å². The van der Waals surface area contributed by atoms with E-state index in [1.165, 1.54) is 0 Å². The van der Waals surface area contributed by atoms with Crippen molar-refractivity contribution in [3.63, 3.8) is 0 Å². The van der Waals surface area contributed by atoms with Crippen molar-refractivity contribution in [3.8, 4) is 17.1 Å². The number of nitrogens with zero attached hydrogens (tertiary/aromatic N) is 2. The Hall–Kier alpha value is -3.73. The molecule has 0 aliphatic rings. The molecule has 5 nitrogen and oxygen atoms in total. The quantitative estimate of drug-likeness (QED) is 0.511. The number of nitrogens with one attached hydrogen (secondary N) is 1. The molecule has 4 rings (SSSR count). The van der Waals surface area contributed by atoms with Crippen LogP contribution in [-0.4, -0.2) is 22.5 Å². The van der Waals surface area contributed by atoms with Crippen LogP contribution < -0.4 is 10.1 Å². The lowest BCUT2D eigenvalue weighted by molar-refractivity contribution is 0.102. The molecular weight excluding hydrogens is 362 g/mol. The highest BCUT2D eigenvalue weighted by atomic mass is 16.5. The summed E-state index contributed by atoms with van der Waals surface area (Å²) in [5.74, 6) is 0.426. The number of rotatable bonds is 5. The number of para-hydroxylation sites is 3. The molecule has 0 bridgehead atoms. The van der Waals surface area contributed by atoms with Gasteiger partial charge in [-0.15, -0.1) is 0 Å². The van der Waals surface area contributed by atoms with Gasteiger partial charge in [0.2, 0.25) is 0 Å². The number of benzene rings is 2. The van der Waals surface area contributed by atoms with Crippen LogP contribution in [0.3, 0.4) is 0 Å². The summed E-state index contributed by atoms with van der Waals surface area (Å²) >= 11 is 0. The lowest BCUT2D eigenvalue weighted by Crippen LogP contribution is -2.14. The molecule has 2 heterocycles. The van der Waals surface area contributed by atoms with Crippen molar-refractivity contribution in [3.05, 3.63) is 84.1 Å². The highest BCUT2D eigenvalue weighted by molar-refractivity contribution is 6.13. The molecule has 4 aromatic rings. The van der Waals surface area contributed by atoms with E-state index < -0.39 is 0 Å². The molecule has 1 N–H and O–H groups in total. The first-order valence-electron chi connectivity index (χ1n) is 9.52. The summed E-state index contributed by atoms with van der Waals surface area (Å²) in [6.45, 7) is 4.43. The standard InChI is InChI=1S/C24H21N3O2/c1-3-29-22-13-5-4-12-20(22)27-24(28)18-15-21(19-11-6-7-14-25-19)26-23-16(2)9-8-10-17(18)23/h4-15H,3H2,1-2H3,(H,27,28). The fourth-order valence-corrected chi connectivity index (χ4v) is 3.27. The molecule has 2 aromatic carbocycles. The van der Waals surface area contributed by atoms with Gasteiger partial charge in [-0.3, -0.25) is 9.78 Å². The maximum atomic E-state index is 13.3. The van der Waals surface area contributed by atoms with Crippen LogP contribution in [0.25, 0.3) is 22.3 Å². The Morgan fingerprint density at radius 2 is 1.83 bits per heavy atom. The average Bonchev–Trinajstić information content (AvgIpc) is 2.75. The number of ether oxygens (including phenoxy) is 1. The van der Waals surface area contributed by atoms with Gasteiger partial charge in [0.25, 0.3) is 5.91 Å². The van der Waals surface area contributed by atoms with E-state index >= 15 is 0 Å². The van der Waals surface area contributed by atoms with Crippen LogP contribution in [0.2, 0.25) is 0 Å². The number of amides is 1. The van der Waals surface area contributed by atoms with Crippen molar-refractivity contribution in [2.45, 2.75) is 13.8 Å². The van der Waals surface area contributed by atoms with Gasteiger partial charge in [0.1, 0.15) is 5.75 Å². The van der Waals surface area contributed by atoms with Crippen molar-refractivity contribution in [2.24, 2.45) is 0 Å². The summed E-state index contributed by atoms with van der Waals surface area (Å²) in [6.07, 6.45) is 1.72. The fourth-order valence-electron chi connectivity index (χ4n) is 3.27. The number of carbonyl (C=O) groups is 1. The van der Waals surface area contributed by atoms with E-state index in [9.17, 15) is 4.79 Å². The first-order valence-corrected chi connectivity index (χ1v) is 9.52. The van der Waals surface area contributed by atoms with Crippen molar-refractivity contribution in [1.82, 2.24) is 9.97 Å². The van der Waals surface area contributed by atoms with E-state index in [1.807, 2.05) is 74.5 Å². The molecule has 0 fully saturated rings. The third-order valence-electron chi connectivity index (χ3n) is 4.65. The second-order valence-corrected chi connectivity index (χ2v) is 6.62. The first-order chi connectivity index (χ1) is 14.2. The Morgan fingerprint density at radius 1 is 1.00 bits per heavy atom. The number of hydrogen-bond donors (Lipinski definition) is 1. The highest BCUT2D eigenvalue weighted by Gasteiger charge is 2.17. The van der Waals surface area contributed by atoms with Crippen molar-refractivity contribution >= 4 is 22.5 Å². The monoisotopic (exact) mass is 383 g/mol. The number of aryl methyl sites for hydroxylation is 1. The van der Waals surface area contributed by atoms with Crippen LogP contribution in [0.5, 0.6) is 5.75 Å². The van der Waals surface area contributed by atoms with Crippen molar-refractivity contribution in [2.75, 3.05) is 11.9 Å². The number of hydrogen-bond acceptors (Lipinski definition) is 4. The summed E-state index contributed by atoms with van der Waals surface area (Å²) in [7, 11) is 0. The fraction of sp³-hybridized carbons (Fsp3) is 0.125. The lowest BCUT2D eigenvalue weighted by atomic mass is 10.0. The molecule has 2 aromatic heterocycles. The number of carbonyl (C=O) groups excluding carboxylic acids is 1. The van der Waals surface area contributed by atoms with Gasteiger partial charge in [-0.05, 0) is 49.7 Å². The van der Waals surface area contributed by atoms with Crippen LogP contribution in [0.4, 0.5) is 5.69 Å². The van der Waals surface area contributed by atoms with Crippen LogP contribution >= 0.6 is 0 Å². The van der Waals surface area contributed by atoms with E-state index in [1.54, 1.807) is 12.3 Å². The van der Waals surface area contributed by atoms with Crippen LogP contribution in [-0.2, 0) is 0 Å². The summed E-state index contributed by atoms with van der Waals surface area (Å²) in [6, 6.07) is 20.7. The number of fused-ring (bicyclic) bond motifs is 1. The summed E-state index contributed by atoms with van der Waals surface area (Å²) in [5, 5.41) is 3.79. The minimum absolute atomic E-state index is 0.215. The molecule has 0 unspecified atom stereocenters. The smallest absolute Gasteiger partial charge is 0.256 e. The largest absolute Gasteiger partial charge is 0.492 e. The molecule has 0 aliphatic heterocycles. The Labute approximate surface area is 169 Å². The Balaban J connectivity index is 1.82. The number of aromatic nitrogens is 2. The first kappa shape index (κ1) is 18.6. The summed E-state index contributed by atoms with van der Waals surface area (Å²) in [4.78, 5) is 22.4. The Kier molecular flexibility index (Phi) is 5.20. The topological polar surface area (TPSA) is 64.1 Å². The molecule has 0 radical (unpaired) electrons. The van der Waals surface area contributed by atoms with E-state index in [2.05, 4.69) is 10.3 Å². The molecule has 0 saturated heterocycles. The predicted octanol–water partition coefficient (Wildman–Crippen LogP) is 5.26. The maximum absolute atomic E-state index is 13.3. The van der Waals surface area contributed by atoms with E-state index in [0.717, 1.165) is 22.2 Å². The molecule has 0 spiro atoms. The van der Waals surface area contributed by atoms with Gasteiger partial charge in [0.05, 0.1) is 34.8 Å². The third kappa shape index (κ3) is 3.80. The van der Waals surface area contributed by atoms with Gasteiger partial charge in [-0.2, -0.15) is 0 Å². The minimum atomic E-state index is -0.215. The zero-order chi connectivity index (χ0) is 20.2. The summed E-state index contributed by atoms with van der Waals surface area (Å²) in [5.41, 5.74) is 4.36. The minimum Gasteiger partial charge on any atom is -0.492 e. The molecular formula is C24H21N3O2. The van der Waals surface area contributed by atoms with Crippen molar-refractivity contribution < 1.29 is 9.53 Å². The normalized spacial score (nSPS) is 10.7. The molecule has 0 atom stereocenters. The molecule has 5 heteroatoms. The van der Waals surface area contributed by atoms with Crippen LogP contribution in [0, 0.1) is 6.92 Å². The Bertz CT molecular complexity index is 1170. The molecule has 144 valence electrons. The highest BCUT2D eigenvalue weighted by Crippen LogP contribution is 2.28. The van der Waals surface area contributed by atoms with Crippen molar-refractivity contribution in [1.29, 1.82) is 0 Å². The second-order valence-electron chi connectivity index (χ2n) is 6.62. The molecule has 29 heavy (non-hydrogen) atoms. The predicted molar refractivity (Wildman–Crippen MR) is 115 cm³/mol. The molecule has 1 amide bonds. The van der Waals surface area contributed by atoms with Gasteiger partial charge < -0.3 is 10.1 Å². The SMILES string of the molecule is CCOc1ccccc1NC(=O)c1cc(-c2ccccn2)nc2c(C)cccc12. The van der Waals surface area contributed by atoms with E-state index in [0.29, 0.717) is 29.3 Å². The maximum Gasteiger partial charge on any atom is 0.256 e. The second kappa shape index (κ2) is 8.10. The van der Waals surface area contributed by atoms with Crippen LogP contribution in [0.15, 0.2) is 72.9 Å². The van der Waals surface area contributed by atoms with Gasteiger partial charge in [-0.25, -0.2) is 4.98 Å². The van der Waals surface area contributed by atoms with E-state index in [-0.39, 0.29) is 5.91 Å². The number of anilines is 1. The van der Waals surface area contributed by atoms with Gasteiger partial charge in [-0.1, -0.05) is 36.4 Å². The molecule has 0 aliphatic carbocycles. The zero-order valence-corrected chi connectivity index (χ0v) is 16.3. The van der Waals surface area contributed by atoms with Crippen LogP contribution in [0.1, 0.15) is 22.8 Å². The van der Waals surface area contributed by atoms with Gasteiger partial charge in [0, 0.05) is 11.6 Å². The molecule has 0 saturated carbocycles. The lowest BCUT2D eigenvalue weighted by Gasteiger charge is -2.14. The number of pyridine rings is 2. The zero-order valence-electron chi connectivity index (χ0n) is 16.3. The Morgan fingerprint density at radius 3 is 2.62 bits per heavy atom. The summed E-state index contributed by atoms with van der Waals surface area (Å²) < 4.78 is 5.64.